The molecule has 1 amide bonds. The summed E-state index contributed by atoms with van der Waals surface area (Å²) >= 11 is 0. The molecule has 0 aliphatic carbocycles. The maximum absolute atomic E-state index is 12.9. The molecule has 3 aromatic rings. The van der Waals surface area contributed by atoms with Crippen molar-refractivity contribution in [1.29, 1.82) is 0 Å². The number of hydrogen-bond donors (Lipinski definition) is 0. The van der Waals surface area contributed by atoms with Crippen LogP contribution in [-0.4, -0.2) is 47.9 Å². The van der Waals surface area contributed by atoms with E-state index in [0.29, 0.717) is 12.0 Å². The van der Waals surface area contributed by atoms with Crippen LogP contribution in [0.1, 0.15) is 39.4 Å². The minimum Gasteiger partial charge on any atom is -0.333 e. The van der Waals surface area contributed by atoms with E-state index in [-0.39, 0.29) is 5.91 Å². The van der Waals surface area contributed by atoms with Crippen LogP contribution in [0, 0.1) is 0 Å². The monoisotopic (exact) mass is 396 g/mol. The highest BCUT2D eigenvalue weighted by Crippen LogP contribution is 2.30. The number of nitrogens with zero attached hydrogens (tertiary/aromatic N) is 2. The Morgan fingerprint density at radius 1 is 0.800 bits per heavy atom. The molecule has 0 saturated carbocycles. The topological polar surface area (TPSA) is 23.6 Å². The van der Waals surface area contributed by atoms with Crippen molar-refractivity contribution in [1.82, 2.24) is 9.80 Å². The molecule has 3 aromatic carbocycles. The van der Waals surface area contributed by atoms with Crippen LogP contribution < -0.4 is 0 Å². The van der Waals surface area contributed by atoms with Crippen LogP contribution in [0.3, 0.4) is 0 Å². The molecule has 5 rings (SSSR count). The Labute approximate surface area is 178 Å². The number of fused-ring (bicyclic) bond motifs is 1. The molecule has 0 aromatic heterocycles. The molecule has 2 heterocycles. The lowest BCUT2D eigenvalue weighted by Gasteiger charge is -2.47. The van der Waals surface area contributed by atoms with Gasteiger partial charge in [0.15, 0.2) is 0 Å². The fourth-order valence-electron chi connectivity index (χ4n) is 4.92. The summed E-state index contributed by atoms with van der Waals surface area (Å²) in [6.07, 6.45) is 2.07. The second-order valence-corrected chi connectivity index (χ2v) is 8.48. The van der Waals surface area contributed by atoms with Crippen molar-refractivity contribution < 1.29 is 4.79 Å². The second-order valence-electron chi connectivity index (χ2n) is 8.48. The summed E-state index contributed by atoms with van der Waals surface area (Å²) in [6, 6.07) is 30.1. The van der Waals surface area contributed by atoms with Crippen LogP contribution in [0.2, 0.25) is 0 Å². The summed E-state index contributed by atoms with van der Waals surface area (Å²) in [5, 5.41) is 0. The van der Waals surface area contributed by atoms with Gasteiger partial charge in [0.2, 0.25) is 0 Å². The summed E-state index contributed by atoms with van der Waals surface area (Å²) in [4.78, 5) is 17.5. The van der Waals surface area contributed by atoms with Gasteiger partial charge in [0.25, 0.3) is 5.91 Å². The fraction of sp³-hybridized carbons (Fsp3) is 0.296. The van der Waals surface area contributed by atoms with E-state index in [1.165, 1.54) is 16.7 Å². The van der Waals surface area contributed by atoms with Gasteiger partial charge in [-0.3, -0.25) is 9.69 Å². The molecule has 152 valence electrons. The third kappa shape index (κ3) is 3.78. The molecule has 0 atom stereocenters. The highest BCUT2D eigenvalue weighted by atomic mass is 16.2. The third-order valence-electron chi connectivity index (χ3n) is 6.65. The standard InChI is InChI=1S/C27H28N2O/c30-27-26-14-8-7-13-23(26)15-18-29(27)24-19-28(20-24)17-16-25(21-9-3-1-4-10-21)22-11-5-2-6-12-22/h1-14,24-25H,15-20H2. The first-order valence-electron chi connectivity index (χ1n) is 11.0. The van der Waals surface area contributed by atoms with E-state index in [9.17, 15) is 4.79 Å². The fourth-order valence-corrected chi connectivity index (χ4v) is 4.92. The number of carbonyl (C=O) groups is 1. The molecule has 1 saturated heterocycles. The number of hydrogen-bond acceptors (Lipinski definition) is 2. The highest BCUT2D eigenvalue weighted by Gasteiger charge is 2.37. The average Bonchev–Trinajstić information content (AvgIpc) is 2.78. The predicted octanol–water partition coefficient (Wildman–Crippen LogP) is 4.59. The lowest BCUT2D eigenvalue weighted by Crippen LogP contribution is -2.62. The molecule has 3 heteroatoms. The van der Waals surface area contributed by atoms with Gasteiger partial charge in [-0.25, -0.2) is 0 Å². The second kappa shape index (κ2) is 8.45. The quantitative estimate of drug-likeness (QED) is 0.608. The van der Waals surface area contributed by atoms with E-state index in [4.69, 9.17) is 0 Å². The lowest BCUT2D eigenvalue weighted by molar-refractivity contribution is 0.0244. The highest BCUT2D eigenvalue weighted by molar-refractivity contribution is 5.97. The molecule has 2 aliphatic heterocycles. The first-order chi connectivity index (χ1) is 14.8. The Kier molecular flexibility index (Phi) is 5.37. The molecule has 0 bridgehead atoms. The van der Waals surface area contributed by atoms with Crippen molar-refractivity contribution in [2.45, 2.75) is 24.8 Å². The Balaban J connectivity index is 1.20. The van der Waals surface area contributed by atoms with Crippen molar-refractivity contribution in [3.05, 3.63) is 107 Å². The summed E-state index contributed by atoms with van der Waals surface area (Å²) in [7, 11) is 0. The van der Waals surface area contributed by atoms with Crippen LogP contribution in [0.5, 0.6) is 0 Å². The summed E-state index contributed by atoms with van der Waals surface area (Å²) in [5.41, 5.74) is 4.85. The van der Waals surface area contributed by atoms with Crippen LogP contribution in [-0.2, 0) is 6.42 Å². The Morgan fingerprint density at radius 3 is 2.07 bits per heavy atom. The molecule has 0 radical (unpaired) electrons. The Hall–Kier alpha value is -2.91. The largest absolute Gasteiger partial charge is 0.333 e. The maximum Gasteiger partial charge on any atom is 0.254 e. The van der Waals surface area contributed by atoms with Gasteiger partial charge in [-0.15, -0.1) is 0 Å². The van der Waals surface area contributed by atoms with Gasteiger partial charge >= 0.3 is 0 Å². The van der Waals surface area contributed by atoms with Gasteiger partial charge in [-0.2, -0.15) is 0 Å². The zero-order valence-corrected chi connectivity index (χ0v) is 17.3. The normalized spacial score (nSPS) is 17.1. The Morgan fingerprint density at radius 2 is 1.40 bits per heavy atom. The van der Waals surface area contributed by atoms with Crippen LogP contribution in [0.15, 0.2) is 84.9 Å². The van der Waals surface area contributed by atoms with Crippen LogP contribution in [0.4, 0.5) is 0 Å². The van der Waals surface area contributed by atoms with E-state index in [1.54, 1.807) is 0 Å². The van der Waals surface area contributed by atoms with Crippen molar-refractivity contribution in [2.24, 2.45) is 0 Å². The van der Waals surface area contributed by atoms with Gasteiger partial charge in [0, 0.05) is 31.1 Å². The average molecular weight is 397 g/mol. The SMILES string of the molecule is O=C1c2ccccc2CCN1C1CN(CCC(c2ccccc2)c2ccccc2)C1. The molecule has 0 unspecified atom stereocenters. The minimum atomic E-state index is 0.216. The number of rotatable bonds is 6. The summed E-state index contributed by atoms with van der Waals surface area (Å²) in [6.45, 7) is 3.89. The Bertz CT molecular complexity index is 956. The van der Waals surface area contributed by atoms with Crippen LogP contribution >= 0.6 is 0 Å². The van der Waals surface area contributed by atoms with Gasteiger partial charge < -0.3 is 4.90 Å². The first-order valence-corrected chi connectivity index (χ1v) is 11.0. The smallest absolute Gasteiger partial charge is 0.254 e. The summed E-state index contributed by atoms with van der Waals surface area (Å²) in [5.74, 6) is 0.628. The molecular weight excluding hydrogens is 368 g/mol. The number of likely N-dealkylation sites (tertiary alicyclic amines) is 1. The van der Waals surface area contributed by atoms with Gasteiger partial charge in [-0.1, -0.05) is 78.9 Å². The number of benzene rings is 3. The molecular formula is C27H28N2O. The lowest BCUT2D eigenvalue weighted by atomic mass is 9.88. The molecule has 30 heavy (non-hydrogen) atoms. The van der Waals surface area contributed by atoms with E-state index in [2.05, 4.69) is 76.5 Å². The zero-order chi connectivity index (χ0) is 20.3. The maximum atomic E-state index is 12.9. The molecule has 1 fully saturated rings. The van der Waals surface area contributed by atoms with E-state index < -0.39 is 0 Å². The van der Waals surface area contributed by atoms with E-state index in [0.717, 1.165) is 44.6 Å². The van der Waals surface area contributed by atoms with Gasteiger partial charge in [0.05, 0.1) is 6.04 Å². The summed E-state index contributed by atoms with van der Waals surface area (Å²) < 4.78 is 0. The van der Waals surface area contributed by atoms with Crippen molar-refractivity contribution >= 4 is 5.91 Å². The predicted molar refractivity (Wildman–Crippen MR) is 121 cm³/mol. The molecule has 0 N–H and O–H groups in total. The molecule has 0 spiro atoms. The first kappa shape index (κ1) is 19.1. The van der Waals surface area contributed by atoms with Gasteiger partial charge in [-0.05, 0) is 42.1 Å². The van der Waals surface area contributed by atoms with Crippen molar-refractivity contribution in [3.63, 3.8) is 0 Å². The van der Waals surface area contributed by atoms with Crippen molar-refractivity contribution in [2.75, 3.05) is 26.2 Å². The minimum absolute atomic E-state index is 0.216. The third-order valence-corrected chi connectivity index (χ3v) is 6.65. The number of carbonyl (C=O) groups excluding carboxylic acids is 1. The van der Waals surface area contributed by atoms with Gasteiger partial charge in [0.1, 0.15) is 0 Å². The van der Waals surface area contributed by atoms with Crippen molar-refractivity contribution in [3.8, 4) is 0 Å². The van der Waals surface area contributed by atoms with E-state index in [1.807, 2.05) is 18.2 Å². The zero-order valence-electron chi connectivity index (χ0n) is 17.3. The molecule has 3 nitrogen and oxygen atoms in total. The molecule has 2 aliphatic rings. The number of amides is 1. The van der Waals surface area contributed by atoms with Crippen LogP contribution in [0.25, 0.3) is 0 Å². The van der Waals surface area contributed by atoms with E-state index >= 15 is 0 Å².